The Bertz CT molecular complexity index is 272. The molecule has 1 amide bonds. The number of hydrogen-bond acceptors (Lipinski definition) is 4. The Morgan fingerprint density at radius 3 is 3.00 bits per heavy atom. The number of rotatable bonds is 3. The van der Waals surface area contributed by atoms with Crippen molar-refractivity contribution in [3.63, 3.8) is 0 Å². The molecule has 98 valence electrons. The predicted molar refractivity (Wildman–Crippen MR) is 63.7 cm³/mol. The average molecular weight is 242 g/mol. The molecule has 2 heterocycles. The summed E-state index contributed by atoms with van der Waals surface area (Å²) in [4.78, 5) is 16.1. The van der Waals surface area contributed by atoms with E-state index in [2.05, 4.69) is 4.90 Å². The number of nitrogens with zero attached hydrogens (tertiary/aromatic N) is 2. The maximum absolute atomic E-state index is 12.1. The van der Waals surface area contributed by atoms with E-state index in [4.69, 9.17) is 4.74 Å². The molecule has 17 heavy (non-hydrogen) atoms. The van der Waals surface area contributed by atoms with Gasteiger partial charge in [-0.3, -0.25) is 9.69 Å². The number of ether oxygens (including phenoxy) is 1. The first-order chi connectivity index (χ1) is 8.20. The minimum Gasteiger partial charge on any atom is -0.395 e. The maximum atomic E-state index is 12.1. The van der Waals surface area contributed by atoms with Crippen molar-refractivity contribution in [3.05, 3.63) is 0 Å². The summed E-state index contributed by atoms with van der Waals surface area (Å²) in [6.45, 7) is 5.54. The van der Waals surface area contributed by atoms with Crippen LogP contribution in [0.15, 0.2) is 0 Å². The van der Waals surface area contributed by atoms with Crippen molar-refractivity contribution in [2.24, 2.45) is 0 Å². The molecule has 0 aromatic rings. The molecular formula is C12H22N2O3. The largest absolute Gasteiger partial charge is 0.395 e. The van der Waals surface area contributed by atoms with Crippen LogP contribution in [0.3, 0.4) is 0 Å². The molecule has 1 N–H and O–H groups in total. The molecular weight excluding hydrogens is 220 g/mol. The van der Waals surface area contributed by atoms with Gasteiger partial charge in [0, 0.05) is 19.1 Å². The molecule has 0 radical (unpaired) electrons. The van der Waals surface area contributed by atoms with Crippen molar-refractivity contribution in [1.29, 1.82) is 0 Å². The van der Waals surface area contributed by atoms with Crippen LogP contribution in [0.25, 0.3) is 0 Å². The van der Waals surface area contributed by atoms with Gasteiger partial charge in [-0.2, -0.15) is 0 Å². The minimum atomic E-state index is 0.139. The first kappa shape index (κ1) is 12.8. The lowest BCUT2D eigenvalue weighted by atomic mass is 10.2. The van der Waals surface area contributed by atoms with E-state index in [1.54, 1.807) is 0 Å². The molecule has 2 aliphatic heterocycles. The number of aliphatic hydroxyl groups is 1. The second-order valence-electron chi connectivity index (χ2n) is 4.97. The van der Waals surface area contributed by atoms with Gasteiger partial charge in [0.15, 0.2) is 0 Å². The Kier molecular flexibility index (Phi) is 4.36. The lowest BCUT2D eigenvalue weighted by Gasteiger charge is -2.33. The van der Waals surface area contributed by atoms with Crippen molar-refractivity contribution < 1.29 is 14.6 Å². The van der Waals surface area contributed by atoms with Crippen LogP contribution in [0.1, 0.15) is 19.8 Å². The van der Waals surface area contributed by atoms with Gasteiger partial charge in [0.05, 0.1) is 25.9 Å². The van der Waals surface area contributed by atoms with Gasteiger partial charge in [0.1, 0.15) is 0 Å². The molecule has 0 aliphatic carbocycles. The van der Waals surface area contributed by atoms with Crippen LogP contribution in [0.4, 0.5) is 0 Å². The molecule has 5 nitrogen and oxygen atoms in total. The van der Waals surface area contributed by atoms with Crippen LogP contribution in [0, 0.1) is 0 Å². The summed E-state index contributed by atoms with van der Waals surface area (Å²) in [6, 6.07) is 0.178. The molecule has 2 saturated heterocycles. The summed E-state index contributed by atoms with van der Waals surface area (Å²) in [5.74, 6) is 0.167. The van der Waals surface area contributed by atoms with Crippen LogP contribution in [-0.2, 0) is 9.53 Å². The van der Waals surface area contributed by atoms with Crippen molar-refractivity contribution in [3.8, 4) is 0 Å². The van der Waals surface area contributed by atoms with Crippen molar-refractivity contribution >= 4 is 5.91 Å². The third-order valence-electron chi connectivity index (χ3n) is 3.64. The van der Waals surface area contributed by atoms with Crippen molar-refractivity contribution in [2.75, 3.05) is 39.4 Å². The number of aliphatic hydroxyl groups excluding tert-OH is 1. The van der Waals surface area contributed by atoms with E-state index >= 15 is 0 Å². The zero-order valence-corrected chi connectivity index (χ0v) is 10.5. The van der Waals surface area contributed by atoms with Crippen LogP contribution in [-0.4, -0.2) is 72.4 Å². The van der Waals surface area contributed by atoms with E-state index in [0.717, 1.165) is 19.4 Å². The lowest BCUT2D eigenvalue weighted by molar-refractivity contribution is -0.139. The molecule has 0 saturated carbocycles. The first-order valence-corrected chi connectivity index (χ1v) is 6.45. The minimum absolute atomic E-state index is 0.139. The summed E-state index contributed by atoms with van der Waals surface area (Å²) < 4.78 is 5.42. The monoisotopic (exact) mass is 242 g/mol. The lowest BCUT2D eigenvalue weighted by Crippen LogP contribution is -2.49. The fourth-order valence-corrected chi connectivity index (χ4v) is 2.63. The Morgan fingerprint density at radius 2 is 2.29 bits per heavy atom. The number of hydrogen-bond donors (Lipinski definition) is 1. The molecule has 5 heteroatoms. The van der Waals surface area contributed by atoms with E-state index in [-0.39, 0.29) is 24.7 Å². The molecule has 1 unspecified atom stereocenters. The third-order valence-corrected chi connectivity index (χ3v) is 3.64. The van der Waals surface area contributed by atoms with Gasteiger partial charge in [0.2, 0.25) is 5.91 Å². The molecule has 2 aliphatic rings. The molecule has 0 aromatic heterocycles. The summed E-state index contributed by atoms with van der Waals surface area (Å²) in [6.07, 6.45) is 2.22. The highest BCUT2D eigenvalue weighted by Crippen LogP contribution is 2.16. The number of likely N-dealkylation sites (tertiary alicyclic amines) is 1. The van der Waals surface area contributed by atoms with Crippen molar-refractivity contribution in [2.45, 2.75) is 31.9 Å². The molecule has 0 spiro atoms. The second-order valence-corrected chi connectivity index (χ2v) is 4.97. The van der Waals surface area contributed by atoms with Gasteiger partial charge < -0.3 is 14.7 Å². The summed E-state index contributed by atoms with van der Waals surface area (Å²) in [5.41, 5.74) is 0. The summed E-state index contributed by atoms with van der Waals surface area (Å²) >= 11 is 0. The Labute approximate surface area is 102 Å². The standard InChI is InChI=1S/C12H22N2O3/c1-10-7-14(5-6-17-10)12(16)8-13-4-2-3-11(13)9-15/h10-11,15H,2-9H2,1H3/t10?,11-/m0/s1. The highest BCUT2D eigenvalue weighted by molar-refractivity contribution is 5.78. The molecule has 2 rings (SSSR count). The Morgan fingerprint density at radius 1 is 1.47 bits per heavy atom. The van der Waals surface area contributed by atoms with Crippen LogP contribution in [0.2, 0.25) is 0 Å². The highest BCUT2D eigenvalue weighted by Gasteiger charge is 2.28. The van der Waals surface area contributed by atoms with E-state index in [1.807, 2.05) is 11.8 Å². The molecule has 0 aromatic carbocycles. The van der Waals surface area contributed by atoms with Gasteiger partial charge >= 0.3 is 0 Å². The van der Waals surface area contributed by atoms with Crippen LogP contribution >= 0.6 is 0 Å². The molecule has 2 atom stereocenters. The fourth-order valence-electron chi connectivity index (χ4n) is 2.63. The summed E-state index contributed by atoms with van der Waals surface area (Å²) in [5, 5.41) is 9.22. The van der Waals surface area contributed by atoms with Gasteiger partial charge in [-0.15, -0.1) is 0 Å². The van der Waals surface area contributed by atoms with Gasteiger partial charge in [-0.05, 0) is 26.3 Å². The topological polar surface area (TPSA) is 53.0 Å². The van der Waals surface area contributed by atoms with Gasteiger partial charge in [-0.25, -0.2) is 0 Å². The van der Waals surface area contributed by atoms with Gasteiger partial charge in [0.25, 0.3) is 0 Å². The number of morpholine rings is 1. The Hall–Kier alpha value is -0.650. The van der Waals surface area contributed by atoms with Crippen LogP contribution < -0.4 is 0 Å². The van der Waals surface area contributed by atoms with E-state index < -0.39 is 0 Å². The molecule has 2 fully saturated rings. The van der Waals surface area contributed by atoms with E-state index in [0.29, 0.717) is 26.2 Å². The first-order valence-electron chi connectivity index (χ1n) is 6.45. The fraction of sp³-hybridized carbons (Fsp3) is 0.917. The average Bonchev–Trinajstić information content (AvgIpc) is 2.76. The zero-order valence-electron chi connectivity index (χ0n) is 10.5. The van der Waals surface area contributed by atoms with E-state index in [9.17, 15) is 9.90 Å². The summed E-state index contributed by atoms with van der Waals surface area (Å²) in [7, 11) is 0. The number of carbonyl (C=O) groups is 1. The quantitative estimate of drug-likeness (QED) is 0.737. The third kappa shape index (κ3) is 3.18. The number of carbonyl (C=O) groups excluding carboxylic acids is 1. The van der Waals surface area contributed by atoms with E-state index in [1.165, 1.54) is 0 Å². The van der Waals surface area contributed by atoms with Crippen molar-refractivity contribution in [1.82, 2.24) is 9.80 Å². The maximum Gasteiger partial charge on any atom is 0.236 e. The molecule has 0 bridgehead atoms. The smallest absolute Gasteiger partial charge is 0.236 e. The van der Waals surface area contributed by atoms with Gasteiger partial charge in [-0.1, -0.05) is 0 Å². The van der Waals surface area contributed by atoms with Crippen LogP contribution in [0.5, 0.6) is 0 Å². The SMILES string of the molecule is CC1CN(C(=O)CN2CCC[C@H]2CO)CCO1. The Balaban J connectivity index is 1.83. The normalized spacial score (nSPS) is 30.8. The number of amides is 1. The second kappa shape index (κ2) is 5.80. The predicted octanol–water partition coefficient (Wildman–Crippen LogP) is -0.310. The highest BCUT2D eigenvalue weighted by atomic mass is 16.5. The zero-order chi connectivity index (χ0) is 12.3.